The molecule has 0 aliphatic heterocycles. The van der Waals surface area contributed by atoms with E-state index in [4.69, 9.17) is 20.9 Å². The smallest absolute Gasteiger partial charge is 0.429 e. The van der Waals surface area contributed by atoms with Crippen molar-refractivity contribution in [1.29, 1.82) is 0 Å². The van der Waals surface area contributed by atoms with Crippen molar-refractivity contribution < 1.29 is 27.2 Å². The van der Waals surface area contributed by atoms with Crippen molar-refractivity contribution in [2.75, 3.05) is 0 Å². The lowest BCUT2D eigenvalue weighted by atomic mass is 10.1. The van der Waals surface area contributed by atoms with Crippen LogP contribution in [0.2, 0.25) is 5.02 Å². The number of hydrogen-bond donors (Lipinski definition) is 0. The summed E-state index contributed by atoms with van der Waals surface area (Å²) in [6, 6.07) is 13.4. The number of ether oxygens (including phenoxy) is 1. The summed E-state index contributed by atoms with van der Waals surface area (Å²) in [5, 5.41) is 4.04. The highest BCUT2D eigenvalue weighted by Crippen LogP contribution is 2.38. The van der Waals surface area contributed by atoms with Gasteiger partial charge in [0.2, 0.25) is 6.10 Å². The Morgan fingerprint density at radius 3 is 2.37 bits per heavy atom. The third kappa shape index (κ3) is 3.98. The lowest BCUT2D eigenvalue weighted by molar-refractivity contribution is -0.207. The largest absolute Gasteiger partial charge is 0.444 e. The molecule has 8 heteroatoms. The zero-order valence-corrected chi connectivity index (χ0v) is 14.7. The van der Waals surface area contributed by atoms with Crippen molar-refractivity contribution in [3.05, 3.63) is 76.5 Å². The van der Waals surface area contributed by atoms with Gasteiger partial charge in [0.1, 0.15) is 17.0 Å². The van der Waals surface area contributed by atoms with Gasteiger partial charge >= 0.3 is 12.1 Å². The van der Waals surface area contributed by atoms with Crippen molar-refractivity contribution >= 4 is 17.6 Å². The molecule has 0 spiro atoms. The number of carbonyl (C=O) groups is 1. The molecule has 0 aliphatic carbocycles. The Balaban J connectivity index is 1.99. The van der Waals surface area contributed by atoms with Gasteiger partial charge in [-0.15, -0.1) is 0 Å². The van der Waals surface area contributed by atoms with E-state index in [0.717, 1.165) is 0 Å². The molecule has 0 saturated carbocycles. The number of aromatic nitrogens is 1. The minimum Gasteiger partial charge on any atom is -0.444 e. The number of carbonyl (C=O) groups excluding carboxylic acids is 1. The zero-order chi connectivity index (χ0) is 19.6. The number of hydrogen-bond acceptors (Lipinski definition) is 4. The Bertz CT molecular complexity index is 954. The third-order valence-electron chi connectivity index (χ3n) is 3.82. The predicted molar refractivity (Wildman–Crippen MR) is 92.3 cm³/mol. The average Bonchev–Trinajstić information content (AvgIpc) is 3.01. The molecule has 0 fully saturated rings. The SMILES string of the molecule is Cc1onc(-c2ccccc2Cl)c1C(=O)OC(c1ccccc1)C(F)(F)F. The predicted octanol–water partition coefficient (Wildman–Crippen LogP) is 5.76. The number of halogens is 4. The molecule has 0 radical (unpaired) electrons. The number of alkyl halides is 3. The van der Waals surface area contributed by atoms with Gasteiger partial charge in [0, 0.05) is 11.1 Å². The summed E-state index contributed by atoms with van der Waals surface area (Å²) < 4.78 is 50.2. The van der Waals surface area contributed by atoms with E-state index in [1.165, 1.54) is 31.2 Å². The fraction of sp³-hybridized carbons (Fsp3) is 0.158. The Morgan fingerprint density at radius 2 is 1.74 bits per heavy atom. The van der Waals surface area contributed by atoms with Gasteiger partial charge < -0.3 is 9.26 Å². The second kappa shape index (κ2) is 7.44. The van der Waals surface area contributed by atoms with Crippen molar-refractivity contribution in [1.82, 2.24) is 5.16 Å². The van der Waals surface area contributed by atoms with Crippen molar-refractivity contribution in [2.24, 2.45) is 0 Å². The van der Waals surface area contributed by atoms with Crippen LogP contribution in [-0.4, -0.2) is 17.3 Å². The molecular formula is C19H13ClF3NO3. The quantitative estimate of drug-likeness (QED) is 0.527. The first kappa shape index (κ1) is 19.0. The van der Waals surface area contributed by atoms with Crippen LogP contribution in [0.4, 0.5) is 13.2 Å². The molecule has 3 rings (SSSR count). The van der Waals surface area contributed by atoms with E-state index in [9.17, 15) is 18.0 Å². The maximum absolute atomic E-state index is 13.5. The van der Waals surface area contributed by atoms with E-state index in [-0.39, 0.29) is 27.6 Å². The van der Waals surface area contributed by atoms with Gasteiger partial charge in [0.25, 0.3) is 0 Å². The highest BCUT2D eigenvalue weighted by atomic mass is 35.5. The zero-order valence-electron chi connectivity index (χ0n) is 14.0. The molecule has 1 aromatic heterocycles. The lowest BCUT2D eigenvalue weighted by Gasteiger charge is -2.21. The molecule has 4 nitrogen and oxygen atoms in total. The summed E-state index contributed by atoms with van der Waals surface area (Å²) in [7, 11) is 0. The standard InChI is InChI=1S/C19H13ClF3NO3/c1-11-15(16(24-27-11)13-9-5-6-10-14(13)20)18(25)26-17(19(21,22)23)12-7-3-2-4-8-12/h2-10,17H,1H3. The van der Waals surface area contributed by atoms with Crippen LogP contribution in [0, 0.1) is 6.92 Å². The second-order valence-corrected chi connectivity index (χ2v) is 6.09. The number of esters is 1. The van der Waals surface area contributed by atoms with Gasteiger partial charge in [0.05, 0.1) is 5.02 Å². The van der Waals surface area contributed by atoms with E-state index < -0.39 is 18.2 Å². The molecule has 140 valence electrons. The van der Waals surface area contributed by atoms with Crippen molar-refractivity contribution in [3.63, 3.8) is 0 Å². The van der Waals surface area contributed by atoms with E-state index in [0.29, 0.717) is 5.56 Å². The highest BCUT2D eigenvalue weighted by molar-refractivity contribution is 6.33. The van der Waals surface area contributed by atoms with Gasteiger partial charge in [-0.3, -0.25) is 0 Å². The fourth-order valence-corrected chi connectivity index (χ4v) is 2.79. The molecule has 1 atom stereocenters. The number of benzene rings is 2. The summed E-state index contributed by atoms with van der Waals surface area (Å²) in [4.78, 5) is 12.6. The van der Waals surface area contributed by atoms with E-state index >= 15 is 0 Å². The number of rotatable bonds is 4. The Hall–Kier alpha value is -2.80. The van der Waals surface area contributed by atoms with Crippen LogP contribution in [0.25, 0.3) is 11.3 Å². The van der Waals surface area contributed by atoms with Gasteiger partial charge in [-0.1, -0.05) is 65.3 Å². The summed E-state index contributed by atoms with van der Waals surface area (Å²) in [6.07, 6.45) is -7.20. The van der Waals surface area contributed by atoms with Crippen molar-refractivity contribution in [3.8, 4) is 11.3 Å². The molecule has 3 aromatic rings. The molecule has 0 aliphatic rings. The third-order valence-corrected chi connectivity index (χ3v) is 4.15. The van der Waals surface area contributed by atoms with Gasteiger partial charge in [-0.25, -0.2) is 4.79 Å². The van der Waals surface area contributed by atoms with E-state index in [1.807, 2.05) is 0 Å². The minimum absolute atomic E-state index is 0.0251. The Kier molecular flexibility index (Phi) is 5.23. The molecule has 0 N–H and O–H groups in total. The number of nitrogens with zero attached hydrogens (tertiary/aromatic N) is 1. The molecular weight excluding hydrogens is 383 g/mol. The minimum atomic E-state index is -4.79. The van der Waals surface area contributed by atoms with Crippen LogP contribution in [0.15, 0.2) is 59.1 Å². The Labute approximate surface area is 157 Å². The molecule has 1 heterocycles. The number of aryl methyl sites for hydroxylation is 1. The van der Waals surface area contributed by atoms with Crippen LogP contribution < -0.4 is 0 Å². The van der Waals surface area contributed by atoms with Crippen LogP contribution in [0.3, 0.4) is 0 Å². The van der Waals surface area contributed by atoms with Gasteiger partial charge in [-0.2, -0.15) is 13.2 Å². The second-order valence-electron chi connectivity index (χ2n) is 5.68. The van der Waals surface area contributed by atoms with Crippen LogP contribution >= 0.6 is 11.6 Å². The van der Waals surface area contributed by atoms with E-state index in [2.05, 4.69) is 5.16 Å². The normalized spacial score (nSPS) is 12.6. The molecule has 0 saturated heterocycles. The molecule has 0 amide bonds. The highest BCUT2D eigenvalue weighted by Gasteiger charge is 2.45. The monoisotopic (exact) mass is 395 g/mol. The first-order valence-corrected chi connectivity index (χ1v) is 8.20. The summed E-state index contributed by atoms with van der Waals surface area (Å²) in [6.45, 7) is 1.41. The first-order chi connectivity index (χ1) is 12.8. The van der Waals surface area contributed by atoms with Crippen LogP contribution in [-0.2, 0) is 4.74 Å². The summed E-state index contributed by atoms with van der Waals surface area (Å²) >= 11 is 6.11. The molecule has 1 unspecified atom stereocenters. The molecule has 27 heavy (non-hydrogen) atoms. The summed E-state index contributed by atoms with van der Waals surface area (Å²) in [5.41, 5.74) is -0.0108. The molecule has 2 aromatic carbocycles. The maximum atomic E-state index is 13.5. The van der Waals surface area contributed by atoms with Crippen LogP contribution in [0.5, 0.6) is 0 Å². The Morgan fingerprint density at radius 1 is 1.11 bits per heavy atom. The van der Waals surface area contributed by atoms with E-state index in [1.54, 1.807) is 30.3 Å². The first-order valence-electron chi connectivity index (χ1n) is 7.83. The lowest BCUT2D eigenvalue weighted by Crippen LogP contribution is -2.26. The maximum Gasteiger partial charge on any atom is 0.429 e. The summed E-state index contributed by atoms with van der Waals surface area (Å²) in [5.74, 6) is -1.17. The van der Waals surface area contributed by atoms with Gasteiger partial charge in [0.15, 0.2) is 0 Å². The van der Waals surface area contributed by atoms with Crippen molar-refractivity contribution in [2.45, 2.75) is 19.2 Å². The van der Waals surface area contributed by atoms with Gasteiger partial charge in [-0.05, 0) is 13.0 Å². The van der Waals surface area contributed by atoms with Crippen LogP contribution in [0.1, 0.15) is 27.8 Å². The average molecular weight is 396 g/mol. The fourth-order valence-electron chi connectivity index (χ4n) is 2.57. The topological polar surface area (TPSA) is 52.3 Å². The molecule has 0 bridgehead atoms.